The molecule has 0 aliphatic rings. The van der Waals surface area contributed by atoms with Crippen LogP contribution in [0, 0.1) is 5.92 Å². The zero-order valence-electron chi connectivity index (χ0n) is 8.38. The topological polar surface area (TPSA) is 58.6 Å². The van der Waals surface area contributed by atoms with Crippen molar-refractivity contribution in [3.63, 3.8) is 0 Å². The first-order valence-electron chi connectivity index (χ1n) is 4.67. The van der Waals surface area contributed by atoms with Gasteiger partial charge < -0.3 is 15.2 Å². The van der Waals surface area contributed by atoms with Gasteiger partial charge in [0.2, 0.25) is 0 Å². The first kappa shape index (κ1) is 12.4. The molecule has 13 heavy (non-hydrogen) atoms. The van der Waals surface area contributed by atoms with E-state index in [1.165, 1.54) is 0 Å². The molecule has 0 aromatic heterocycles. The maximum atomic E-state index is 10.8. The summed E-state index contributed by atoms with van der Waals surface area (Å²) in [4.78, 5) is 10.8. The van der Waals surface area contributed by atoms with Crippen molar-refractivity contribution in [3.8, 4) is 0 Å². The van der Waals surface area contributed by atoms with Crippen molar-refractivity contribution in [1.29, 1.82) is 0 Å². The Bertz CT molecular complexity index is 139. The Morgan fingerprint density at radius 3 is 2.85 bits per heavy atom. The summed E-state index contributed by atoms with van der Waals surface area (Å²) in [6.45, 7) is 5.69. The molecule has 0 heterocycles. The zero-order chi connectivity index (χ0) is 10.1. The highest BCUT2D eigenvalue weighted by atomic mass is 16.5. The van der Waals surface area contributed by atoms with Crippen LogP contribution in [-0.2, 0) is 9.53 Å². The summed E-state index contributed by atoms with van der Waals surface area (Å²) in [7, 11) is 0. The molecule has 0 aromatic carbocycles. The van der Waals surface area contributed by atoms with E-state index in [0.29, 0.717) is 19.6 Å². The number of aliphatic hydroxyl groups is 1. The van der Waals surface area contributed by atoms with Gasteiger partial charge in [-0.15, -0.1) is 0 Å². The number of rotatable bonds is 7. The molecule has 4 heteroatoms. The molecule has 0 fully saturated rings. The minimum atomic E-state index is -0.174. The quantitative estimate of drug-likeness (QED) is 0.442. The van der Waals surface area contributed by atoms with Gasteiger partial charge in [0.25, 0.3) is 0 Å². The Kier molecular flexibility index (Phi) is 7.63. The van der Waals surface area contributed by atoms with Gasteiger partial charge >= 0.3 is 5.97 Å². The molecule has 0 radical (unpaired) electrons. The van der Waals surface area contributed by atoms with Gasteiger partial charge in [-0.3, -0.25) is 4.79 Å². The molecule has 1 atom stereocenters. The van der Waals surface area contributed by atoms with Crippen LogP contribution in [0.2, 0.25) is 0 Å². The zero-order valence-corrected chi connectivity index (χ0v) is 8.38. The van der Waals surface area contributed by atoms with Crippen LogP contribution in [0.1, 0.15) is 20.3 Å². The van der Waals surface area contributed by atoms with Crippen molar-refractivity contribution >= 4 is 5.97 Å². The third kappa shape index (κ3) is 7.74. The molecule has 4 nitrogen and oxygen atoms in total. The van der Waals surface area contributed by atoms with Crippen LogP contribution < -0.4 is 5.32 Å². The number of aliphatic hydroxyl groups excluding tert-OH is 1. The molecule has 0 saturated carbocycles. The van der Waals surface area contributed by atoms with Crippen LogP contribution in [0.15, 0.2) is 0 Å². The van der Waals surface area contributed by atoms with E-state index in [1.807, 2.05) is 6.92 Å². The Morgan fingerprint density at radius 1 is 1.62 bits per heavy atom. The number of hydrogen-bond acceptors (Lipinski definition) is 4. The minimum absolute atomic E-state index is 0.173. The fraction of sp³-hybridized carbons (Fsp3) is 0.889. The van der Waals surface area contributed by atoms with E-state index in [1.54, 1.807) is 6.92 Å². The van der Waals surface area contributed by atoms with Crippen LogP contribution in [0.25, 0.3) is 0 Å². The molecule has 0 amide bonds. The summed E-state index contributed by atoms with van der Waals surface area (Å²) in [5, 5.41) is 11.8. The SMILES string of the molecule is CCOC(=O)CCNCC(C)CO. The largest absolute Gasteiger partial charge is 0.466 e. The van der Waals surface area contributed by atoms with Gasteiger partial charge in [0.15, 0.2) is 0 Å². The second-order valence-corrected chi connectivity index (χ2v) is 3.05. The molecule has 0 aliphatic heterocycles. The second-order valence-electron chi connectivity index (χ2n) is 3.05. The Morgan fingerprint density at radius 2 is 2.31 bits per heavy atom. The lowest BCUT2D eigenvalue weighted by molar-refractivity contribution is -0.142. The van der Waals surface area contributed by atoms with Crippen molar-refractivity contribution in [3.05, 3.63) is 0 Å². The maximum Gasteiger partial charge on any atom is 0.307 e. The lowest BCUT2D eigenvalue weighted by Gasteiger charge is -2.08. The summed E-state index contributed by atoms with van der Waals surface area (Å²) in [5.41, 5.74) is 0. The van der Waals surface area contributed by atoms with Gasteiger partial charge in [0, 0.05) is 13.2 Å². The van der Waals surface area contributed by atoms with E-state index < -0.39 is 0 Å². The highest BCUT2D eigenvalue weighted by Crippen LogP contribution is 1.89. The number of nitrogens with one attached hydrogen (secondary N) is 1. The minimum Gasteiger partial charge on any atom is -0.466 e. The Hall–Kier alpha value is -0.610. The van der Waals surface area contributed by atoms with Crippen molar-refractivity contribution in [2.75, 3.05) is 26.3 Å². The first-order chi connectivity index (χ1) is 6.20. The van der Waals surface area contributed by atoms with Crippen molar-refractivity contribution in [2.24, 2.45) is 5.92 Å². The molecule has 78 valence electrons. The van der Waals surface area contributed by atoms with E-state index in [9.17, 15) is 4.79 Å². The summed E-state index contributed by atoms with van der Waals surface area (Å²) >= 11 is 0. The highest BCUT2D eigenvalue weighted by molar-refractivity contribution is 5.69. The number of hydrogen-bond donors (Lipinski definition) is 2. The number of carbonyl (C=O) groups excluding carboxylic acids is 1. The van der Waals surface area contributed by atoms with Gasteiger partial charge in [-0.05, 0) is 19.4 Å². The molecular formula is C9H19NO3. The fourth-order valence-corrected chi connectivity index (χ4v) is 0.837. The van der Waals surface area contributed by atoms with Crippen molar-refractivity contribution in [2.45, 2.75) is 20.3 Å². The Balaban J connectivity index is 3.20. The van der Waals surface area contributed by atoms with Crippen LogP contribution in [0.5, 0.6) is 0 Å². The average Bonchev–Trinajstić information content (AvgIpc) is 2.12. The normalized spacial score (nSPS) is 12.5. The van der Waals surface area contributed by atoms with Crippen LogP contribution >= 0.6 is 0 Å². The molecule has 0 aromatic rings. The third-order valence-electron chi connectivity index (χ3n) is 1.62. The smallest absolute Gasteiger partial charge is 0.307 e. The molecule has 1 unspecified atom stereocenters. The van der Waals surface area contributed by atoms with E-state index in [0.717, 1.165) is 6.54 Å². The van der Waals surface area contributed by atoms with Gasteiger partial charge in [0.1, 0.15) is 0 Å². The van der Waals surface area contributed by atoms with Gasteiger partial charge in [-0.25, -0.2) is 0 Å². The number of ether oxygens (including phenoxy) is 1. The summed E-state index contributed by atoms with van der Waals surface area (Å²) in [6, 6.07) is 0. The molecule has 0 rings (SSSR count). The summed E-state index contributed by atoms with van der Waals surface area (Å²) < 4.78 is 4.75. The van der Waals surface area contributed by atoms with E-state index in [-0.39, 0.29) is 18.5 Å². The monoisotopic (exact) mass is 189 g/mol. The van der Waals surface area contributed by atoms with Crippen LogP contribution in [0.4, 0.5) is 0 Å². The van der Waals surface area contributed by atoms with Crippen molar-refractivity contribution < 1.29 is 14.6 Å². The van der Waals surface area contributed by atoms with Crippen molar-refractivity contribution in [1.82, 2.24) is 5.32 Å². The molecule has 0 spiro atoms. The molecule has 0 saturated heterocycles. The van der Waals surface area contributed by atoms with E-state index in [2.05, 4.69) is 5.32 Å². The maximum absolute atomic E-state index is 10.8. The lowest BCUT2D eigenvalue weighted by Crippen LogP contribution is -2.26. The van der Waals surface area contributed by atoms with E-state index in [4.69, 9.17) is 9.84 Å². The molecule has 2 N–H and O–H groups in total. The van der Waals surface area contributed by atoms with Gasteiger partial charge in [-0.1, -0.05) is 6.92 Å². The first-order valence-corrected chi connectivity index (χ1v) is 4.67. The van der Waals surface area contributed by atoms with Crippen LogP contribution in [0.3, 0.4) is 0 Å². The third-order valence-corrected chi connectivity index (χ3v) is 1.62. The van der Waals surface area contributed by atoms with Crippen LogP contribution in [-0.4, -0.2) is 37.4 Å². The number of carbonyl (C=O) groups is 1. The van der Waals surface area contributed by atoms with Gasteiger partial charge in [-0.2, -0.15) is 0 Å². The predicted octanol–water partition coefficient (Wildman–Crippen LogP) is 0.158. The lowest BCUT2D eigenvalue weighted by atomic mass is 10.2. The Labute approximate surface area is 79.3 Å². The second kappa shape index (κ2) is 8.01. The van der Waals surface area contributed by atoms with E-state index >= 15 is 0 Å². The molecular weight excluding hydrogens is 170 g/mol. The fourth-order valence-electron chi connectivity index (χ4n) is 0.837. The predicted molar refractivity (Wildman–Crippen MR) is 50.4 cm³/mol. The average molecular weight is 189 g/mol. The summed E-state index contributed by atoms with van der Waals surface area (Å²) in [5.74, 6) is 0.0637. The summed E-state index contributed by atoms with van der Waals surface area (Å²) in [6.07, 6.45) is 0.395. The highest BCUT2D eigenvalue weighted by Gasteiger charge is 2.02. The molecule has 0 aliphatic carbocycles. The van der Waals surface area contributed by atoms with Gasteiger partial charge in [0.05, 0.1) is 13.0 Å². The standard InChI is InChI=1S/C9H19NO3/c1-3-13-9(12)4-5-10-6-8(2)7-11/h8,10-11H,3-7H2,1-2H3. The molecule has 0 bridgehead atoms. The number of esters is 1.